The lowest BCUT2D eigenvalue weighted by atomic mass is 9.86. The van der Waals surface area contributed by atoms with Gasteiger partial charge < -0.3 is 5.73 Å². The van der Waals surface area contributed by atoms with Gasteiger partial charge in [-0.3, -0.25) is 0 Å². The molecule has 0 spiro atoms. The molecule has 2 aromatic carbocycles. The van der Waals surface area contributed by atoms with Crippen molar-refractivity contribution in [2.24, 2.45) is 5.73 Å². The van der Waals surface area contributed by atoms with Crippen LogP contribution in [-0.4, -0.2) is 0 Å². The van der Waals surface area contributed by atoms with Gasteiger partial charge in [0.15, 0.2) is 0 Å². The fourth-order valence-corrected chi connectivity index (χ4v) is 3.14. The van der Waals surface area contributed by atoms with Crippen molar-refractivity contribution in [1.82, 2.24) is 0 Å². The molecule has 0 saturated heterocycles. The second-order valence-corrected chi connectivity index (χ2v) is 6.21. The number of fused-ring (bicyclic) bond motifs is 1. The summed E-state index contributed by atoms with van der Waals surface area (Å²) < 4.78 is 26.8. The molecule has 0 amide bonds. The SMILES string of the molecule is CC(N)(Cc1ccc2c(c1)CCC2)c1cc(F)cc(F)c1. The van der Waals surface area contributed by atoms with Crippen LogP contribution in [0, 0.1) is 11.6 Å². The van der Waals surface area contributed by atoms with Crippen molar-refractivity contribution in [1.29, 1.82) is 0 Å². The molecule has 1 atom stereocenters. The van der Waals surface area contributed by atoms with Crippen molar-refractivity contribution < 1.29 is 8.78 Å². The Hall–Kier alpha value is -1.74. The van der Waals surface area contributed by atoms with Gasteiger partial charge in [-0.1, -0.05) is 18.2 Å². The summed E-state index contributed by atoms with van der Waals surface area (Å²) in [5.41, 5.74) is 9.92. The van der Waals surface area contributed by atoms with E-state index in [-0.39, 0.29) is 0 Å². The van der Waals surface area contributed by atoms with E-state index in [4.69, 9.17) is 5.73 Å². The van der Waals surface area contributed by atoms with E-state index in [9.17, 15) is 8.78 Å². The highest BCUT2D eigenvalue weighted by Crippen LogP contribution is 2.28. The van der Waals surface area contributed by atoms with E-state index in [0.717, 1.165) is 24.5 Å². The normalized spacial score (nSPS) is 16.6. The molecule has 0 aromatic heterocycles. The molecule has 0 heterocycles. The molecule has 1 unspecified atom stereocenters. The second-order valence-electron chi connectivity index (χ2n) is 6.21. The summed E-state index contributed by atoms with van der Waals surface area (Å²) in [4.78, 5) is 0. The number of aryl methyl sites for hydroxylation is 2. The van der Waals surface area contributed by atoms with Gasteiger partial charge in [-0.05, 0) is 67.0 Å². The molecule has 0 saturated carbocycles. The van der Waals surface area contributed by atoms with Crippen molar-refractivity contribution in [2.75, 3.05) is 0 Å². The van der Waals surface area contributed by atoms with Crippen LogP contribution in [0.5, 0.6) is 0 Å². The Morgan fingerprint density at radius 1 is 1.00 bits per heavy atom. The number of hydrogen-bond acceptors (Lipinski definition) is 1. The maximum atomic E-state index is 13.4. The summed E-state index contributed by atoms with van der Waals surface area (Å²) in [6.07, 6.45) is 4.01. The van der Waals surface area contributed by atoms with Crippen LogP contribution in [0.4, 0.5) is 8.78 Å². The third-order valence-corrected chi connectivity index (χ3v) is 4.26. The van der Waals surface area contributed by atoms with Crippen molar-refractivity contribution in [3.63, 3.8) is 0 Å². The molecular formula is C18H19F2N. The highest BCUT2D eigenvalue weighted by molar-refractivity contribution is 5.37. The van der Waals surface area contributed by atoms with Crippen molar-refractivity contribution in [3.05, 3.63) is 70.3 Å². The molecule has 0 bridgehead atoms. The van der Waals surface area contributed by atoms with E-state index in [1.54, 1.807) is 0 Å². The Labute approximate surface area is 123 Å². The van der Waals surface area contributed by atoms with Crippen LogP contribution in [0.25, 0.3) is 0 Å². The quantitative estimate of drug-likeness (QED) is 0.911. The van der Waals surface area contributed by atoms with Crippen molar-refractivity contribution in [3.8, 4) is 0 Å². The van der Waals surface area contributed by atoms with E-state index in [1.165, 1.54) is 29.7 Å². The molecule has 110 valence electrons. The van der Waals surface area contributed by atoms with Crippen molar-refractivity contribution in [2.45, 2.75) is 38.1 Å². The van der Waals surface area contributed by atoms with Gasteiger partial charge in [-0.2, -0.15) is 0 Å². The van der Waals surface area contributed by atoms with Crippen LogP contribution in [0.3, 0.4) is 0 Å². The number of benzene rings is 2. The summed E-state index contributed by atoms with van der Waals surface area (Å²) in [5, 5.41) is 0. The Morgan fingerprint density at radius 2 is 1.67 bits per heavy atom. The molecule has 0 radical (unpaired) electrons. The maximum absolute atomic E-state index is 13.4. The van der Waals surface area contributed by atoms with Crippen LogP contribution in [0.15, 0.2) is 36.4 Å². The van der Waals surface area contributed by atoms with Gasteiger partial charge in [0.25, 0.3) is 0 Å². The molecular weight excluding hydrogens is 268 g/mol. The number of nitrogens with two attached hydrogens (primary N) is 1. The van der Waals surface area contributed by atoms with E-state index in [1.807, 2.05) is 6.92 Å². The molecule has 1 aliphatic carbocycles. The fourth-order valence-electron chi connectivity index (χ4n) is 3.14. The number of rotatable bonds is 3. The first kappa shape index (κ1) is 14.2. The Kier molecular flexibility index (Phi) is 3.54. The zero-order valence-corrected chi connectivity index (χ0v) is 12.1. The Bertz CT molecular complexity index is 657. The van der Waals surface area contributed by atoms with Gasteiger partial charge in [0.1, 0.15) is 11.6 Å². The van der Waals surface area contributed by atoms with Crippen molar-refractivity contribution >= 4 is 0 Å². The largest absolute Gasteiger partial charge is 0.321 e. The van der Waals surface area contributed by atoms with Crippen LogP contribution in [0.2, 0.25) is 0 Å². The third-order valence-electron chi connectivity index (χ3n) is 4.26. The summed E-state index contributed by atoms with van der Waals surface area (Å²) in [7, 11) is 0. The molecule has 1 aliphatic rings. The minimum atomic E-state index is -0.796. The van der Waals surface area contributed by atoms with E-state index < -0.39 is 17.2 Å². The van der Waals surface area contributed by atoms with Crippen LogP contribution in [0.1, 0.15) is 35.6 Å². The van der Waals surface area contributed by atoms with E-state index in [0.29, 0.717) is 12.0 Å². The maximum Gasteiger partial charge on any atom is 0.126 e. The van der Waals surface area contributed by atoms with Gasteiger partial charge >= 0.3 is 0 Å². The fraction of sp³-hybridized carbons (Fsp3) is 0.333. The summed E-state index contributed by atoms with van der Waals surface area (Å²) in [6.45, 7) is 1.81. The molecule has 3 heteroatoms. The molecule has 0 fully saturated rings. The summed E-state index contributed by atoms with van der Waals surface area (Å²) in [6, 6.07) is 9.91. The molecule has 21 heavy (non-hydrogen) atoms. The average Bonchev–Trinajstić information content (AvgIpc) is 2.84. The monoisotopic (exact) mass is 287 g/mol. The van der Waals surface area contributed by atoms with Crippen LogP contribution < -0.4 is 5.73 Å². The van der Waals surface area contributed by atoms with Gasteiger partial charge in [-0.25, -0.2) is 8.78 Å². The van der Waals surface area contributed by atoms with E-state index in [2.05, 4.69) is 18.2 Å². The first-order chi connectivity index (χ1) is 9.94. The van der Waals surface area contributed by atoms with Crippen LogP contribution in [-0.2, 0) is 24.8 Å². The van der Waals surface area contributed by atoms with Crippen LogP contribution >= 0.6 is 0 Å². The van der Waals surface area contributed by atoms with E-state index >= 15 is 0 Å². The minimum Gasteiger partial charge on any atom is -0.321 e. The standard InChI is InChI=1S/C18H19F2N/c1-18(21,15-8-16(19)10-17(20)9-15)11-12-5-6-13-3-2-4-14(13)7-12/h5-10H,2-4,11,21H2,1H3. The molecule has 2 N–H and O–H groups in total. The van der Waals surface area contributed by atoms with Gasteiger partial charge in [0.2, 0.25) is 0 Å². The van der Waals surface area contributed by atoms with Gasteiger partial charge in [0.05, 0.1) is 0 Å². The summed E-state index contributed by atoms with van der Waals surface area (Å²) in [5.74, 6) is -1.17. The Morgan fingerprint density at radius 3 is 2.38 bits per heavy atom. The van der Waals surface area contributed by atoms with Gasteiger partial charge in [0, 0.05) is 11.6 Å². The zero-order chi connectivity index (χ0) is 15.0. The first-order valence-electron chi connectivity index (χ1n) is 7.30. The number of hydrogen-bond donors (Lipinski definition) is 1. The molecule has 1 nitrogen and oxygen atoms in total. The lowest BCUT2D eigenvalue weighted by molar-refractivity contribution is 0.478. The zero-order valence-electron chi connectivity index (χ0n) is 12.1. The lowest BCUT2D eigenvalue weighted by Gasteiger charge is -2.26. The first-order valence-corrected chi connectivity index (χ1v) is 7.30. The lowest BCUT2D eigenvalue weighted by Crippen LogP contribution is -2.35. The highest BCUT2D eigenvalue weighted by Gasteiger charge is 2.24. The molecule has 0 aliphatic heterocycles. The average molecular weight is 287 g/mol. The molecule has 2 aromatic rings. The van der Waals surface area contributed by atoms with Gasteiger partial charge in [-0.15, -0.1) is 0 Å². The Balaban J connectivity index is 1.88. The highest BCUT2D eigenvalue weighted by atomic mass is 19.1. The molecule has 3 rings (SSSR count). The summed E-state index contributed by atoms with van der Waals surface area (Å²) >= 11 is 0. The smallest absolute Gasteiger partial charge is 0.126 e. The topological polar surface area (TPSA) is 26.0 Å². The number of halogens is 2. The predicted octanol–water partition coefficient (Wildman–Crippen LogP) is 3.87. The third kappa shape index (κ3) is 2.98. The minimum absolute atomic E-state index is 0.487. The predicted molar refractivity (Wildman–Crippen MR) is 80.1 cm³/mol. The second kappa shape index (κ2) is 5.23.